The van der Waals surface area contributed by atoms with Crippen molar-refractivity contribution in [3.05, 3.63) is 41.5 Å². The molecule has 1 aliphatic rings. The van der Waals surface area contributed by atoms with Crippen LogP contribution < -0.4 is 0 Å². The molecule has 1 aromatic carbocycles. The molecule has 1 aromatic rings. The topological polar surface area (TPSA) is 0 Å². The fourth-order valence-electron chi connectivity index (χ4n) is 1.62. The Morgan fingerprint density at radius 2 is 2.00 bits per heavy atom. The SMILES string of the molecule is C=C(CCC)c1ccc2c(c1)C=C2. The third-order valence-electron chi connectivity index (χ3n) is 2.49. The monoisotopic (exact) mass is 170 g/mol. The molecule has 2 rings (SSSR count). The molecule has 0 spiro atoms. The fourth-order valence-corrected chi connectivity index (χ4v) is 1.62. The van der Waals surface area contributed by atoms with Crippen molar-refractivity contribution < 1.29 is 0 Å². The van der Waals surface area contributed by atoms with Crippen LogP contribution in [0.1, 0.15) is 36.5 Å². The van der Waals surface area contributed by atoms with Gasteiger partial charge in [0.1, 0.15) is 0 Å². The van der Waals surface area contributed by atoms with Crippen molar-refractivity contribution in [2.24, 2.45) is 0 Å². The largest absolute Gasteiger partial charge is 0.0952 e. The number of rotatable bonds is 3. The van der Waals surface area contributed by atoms with E-state index >= 15 is 0 Å². The van der Waals surface area contributed by atoms with Crippen LogP contribution in [0.5, 0.6) is 0 Å². The number of hydrogen-bond acceptors (Lipinski definition) is 0. The third-order valence-corrected chi connectivity index (χ3v) is 2.49. The Kier molecular flexibility index (Phi) is 2.05. The molecule has 13 heavy (non-hydrogen) atoms. The van der Waals surface area contributed by atoms with Crippen molar-refractivity contribution in [2.75, 3.05) is 0 Å². The summed E-state index contributed by atoms with van der Waals surface area (Å²) in [5.74, 6) is 0. The number of benzene rings is 1. The summed E-state index contributed by atoms with van der Waals surface area (Å²) in [6.07, 6.45) is 6.56. The average Bonchev–Trinajstić information content (AvgIpc) is 2.07. The molecule has 1 aliphatic carbocycles. The first-order valence-corrected chi connectivity index (χ1v) is 4.81. The van der Waals surface area contributed by atoms with Gasteiger partial charge < -0.3 is 0 Å². The lowest BCUT2D eigenvalue weighted by Gasteiger charge is -2.12. The number of hydrogen-bond donors (Lipinski definition) is 0. The van der Waals surface area contributed by atoms with E-state index in [9.17, 15) is 0 Å². The van der Waals surface area contributed by atoms with E-state index in [2.05, 4.69) is 43.9 Å². The van der Waals surface area contributed by atoms with Crippen molar-refractivity contribution in [3.63, 3.8) is 0 Å². The van der Waals surface area contributed by atoms with Gasteiger partial charge in [-0.3, -0.25) is 0 Å². The van der Waals surface area contributed by atoms with Gasteiger partial charge in [-0.2, -0.15) is 0 Å². The molecular formula is C13H14. The maximum Gasteiger partial charge on any atom is -0.0178 e. The Labute approximate surface area is 79.6 Å². The summed E-state index contributed by atoms with van der Waals surface area (Å²) >= 11 is 0. The number of allylic oxidation sites excluding steroid dienone is 1. The fraction of sp³-hybridized carbons (Fsp3) is 0.231. The average molecular weight is 170 g/mol. The van der Waals surface area contributed by atoms with Crippen LogP contribution in [0, 0.1) is 0 Å². The van der Waals surface area contributed by atoms with E-state index in [1.54, 1.807) is 0 Å². The molecule has 0 saturated heterocycles. The van der Waals surface area contributed by atoms with E-state index in [-0.39, 0.29) is 0 Å². The first-order valence-electron chi connectivity index (χ1n) is 4.81. The highest BCUT2D eigenvalue weighted by atomic mass is 14.1. The second-order valence-corrected chi connectivity index (χ2v) is 3.53. The molecule has 0 heteroatoms. The summed E-state index contributed by atoms with van der Waals surface area (Å²) in [5.41, 5.74) is 5.26. The summed E-state index contributed by atoms with van der Waals surface area (Å²) in [4.78, 5) is 0. The van der Waals surface area contributed by atoms with Crippen LogP contribution in [-0.2, 0) is 0 Å². The van der Waals surface area contributed by atoms with Crippen LogP contribution in [0.3, 0.4) is 0 Å². The van der Waals surface area contributed by atoms with Gasteiger partial charge in [0.05, 0.1) is 0 Å². The molecule has 0 aromatic heterocycles. The van der Waals surface area contributed by atoms with Gasteiger partial charge in [0.2, 0.25) is 0 Å². The summed E-state index contributed by atoms with van der Waals surface area (Å²) in [6, 6.07) is 6.57. The second-order valence-electron chi connectivity index (χ2n) is 3.53. The molecule has 0 N–H and O–H groups in total. The minimum atomic E-state index is 1.10. The quantitative estimate of drug-likeness (QED) is 0.653. The second kappa shape index (κ2) is 3.21. The molecule has 0 radical (unpaired) electrons. The Bertz CT molecular complexity index is 370. The molecule has 0 nitrogen and oxygen atoms in total. The van der Waals surface area contributed by atoms with Crippen LogP contribution in [0.25, 0.3) is 17.7 Å². The zero-order chi connectivity index (χ0) is 9.26. The Morgan fingerprint density at radius 1 is 1.23 bits per heavy atom. The lowest BCUT2D eigenvalue weighted by molar-refractivity contribution is 0.975. The van der Waals surface area contributed by atoms with Crippen LogP contribution in [-0.4, -0.2) is 0 Å². The van der Waals surface area contributed by atoms with E-state index in [0.717, 1.165) is 6.42 Å². The molecule has 0 heterocycles. The van der Waals surface area contributed by atoms with Gasteiger partial charge >= 0.3 is 0 Å². The smallest absolute Gasteiger partial charge is 0.0178 e. The van der Waals surface area contributed by atoms with Gasteiger partial charge in [0.15, 0.2) is 0 Å². The third kappa shape index (κ3) is 1.44. The minimum absolute atomic E-state index is 1.10. The zero-order valence-electron chi connectivity index (χ0n) is 8.01. The molecule has 0 aliphatic heterocycles. The summed E-state index contributed by atoms with van der Waals surface area (Å²) in [6.45, 7) is 6.27. The van der Waals surface area contributed by atoms with E-state index in [1.807, 2.05) is 0 Å². The van der Waals surface area contributed by atoms with E-state index in [0.29, 0.717) is 0 Å². The maximum absolute atomic E-state index is 4.09. The van der Waals surface area contributed by atoms with Crippen LogP contribution in [0.2, 0.25) is 0 Å². The van der Waals surface area contributed by atoms with Crippen molar-refractivity contribution in [1.82, 2.24) is 0 Å². The normalized spacial score (nSPS) is 12.1. The van der Waals surface area contributed by atoms with E-state index in [4.69, 9.17) is 0 Å². The van der Waals surface area contributed by atoms with Crippen molar-refractivity contribution in [2.45, 2.75) is 19.8 Å². The molecule has 0 atom stereocenters. The zero-order valence-corrected chi connectivity index (χ0v) is 8.01. The van der Waals surface area contributed by atoms with Crippen molar-refractivity contribution in [3.8, 4) is 0 Å². The van der Waals surface area contributed by atoms with Gasteiger partial charge in [-0.25, -0.2) is 0 Å². The first-order chi connectivity index (χ1) is 6.31. The van der Waals surface area contributed by atoms with Crippen LogP contribution in [0.4, 0.5) is 0 Å². The first kappa shape index (κ1) is 8.31. The standard InChI is InChI=1S/C13H14/c1-3-4-10(2)12-7-5-11-6-8-13(11)9-12/h5-9H,2-4H2,1H3. The molecule has 66 valence electrons. The Morgan fingerprint density at radius 3 is 2.54 bits per heavy atom. The van der Waals surface area contributed by atoms with Gasteiger partial charge in [-0.1, -0.05) is 44.2 Å². The molecule has 0 unspecified atom stereocenters. The van der Waals surface area contributed by atoms with E-state index in [1.165, 1.54) is 28.7 Å². The Hall–Kier alpha value is -1.30. The molecular weight excluding hydrogens is 156 g/mol. The predicted molar refractivity (Wildman–Crippen MR) is 59.3 cm³/mol. The van der Waals surface area contributed by atoms with Crippen LogP contribution >= 0.6 is 0 Å². The molecule has 0 amide bonds. The van der Waals surface area contributed by atoms with Crippen molar-refractivity contribution in [1.29, 1.82) is 0 Å². The van der Waals surface area contributed by atoms with Gasteiger partial charge in [0.25, 0.3) is 0 Å². The lowest BCUT2D eigenvalue weighted by Crippen LogP contribution is -1.91. The predicted octanol–water partition coefficient (Wildman–Crippen LogP) is 3.98. The highest BCUT2D eigenvalue weighted by Crippen LogP contribution is 2.27. The molecule has 0 fully saturated rings. The van der Waals surface area contributed by atoms with Gasteiger partial charge in [-0.05, 0) is 34.8 Å². The van der Waals surface area contributed by atoms with Gasteiger partial charge in [0, 0.05) is 0 Å². The van der Waals surface area contributed by atoms with E-state index < -0.39 is 0 Å². The Balaban J connectivity index is 2.24. The van der Waals surface area contributed by atoms with Crippen molar-refractivity contribution >= 4 is 17.7 Å². The lowest BCUT2D eigenvalue weighted by atomic mass is 9.92. The maximum atomic E-state index is 4.09. The molecule has 0 saturated carbocycles. The molecule has 0 bridgehead atoms. The minimum Gasteiger partial charge on any atom is -0.0952 e. The summed E-state index contributed by atoms with van der Waals surface area (Å²) in [7, 11) is 0. The summed E-state index contributed by atoms with van der Waals surface area (Å²) in [5, 5.41) is 0. The highest BCUT2D eigenvalue weighted by molar-refractivity contribution is 5.87. The number of fused-ring (bicyclic) bond motifs is 1. The summed E-state index contributed by atoms with van der Waals surface area (Å²) < 4.78 is 0. The highest BCUT2D eigenvalue weighted by Gasteiger charge is 2.06. The van der Waals surface area contributed by atoms with Crippen LogP contribution in [0.15, 0.2) is 24.8 Å². The van der Waals surface area contributed by atoms with Gasteiger partial charge in [-0.15, -0.1) is 0 Å².